The molecule has 3 aromatic carbocycles. The summed E-state index contributed by atoms with van der Waals surface area (Å²) in [4.78, 5) is -0.571. The van der Waals surface area contributed by atoms with Gasteiger partial charge in [-0.15, -0.1) is 0 Å². The summed E-state index contributed by atoms with van der Waals surface area (Å²) in [6.45, 7) is -0.287. The first kappa shape index (κ1) is 20.8. The largest absolute Gasteiger partial charge is 0.416 e. The fourth-order valence-corrected chi connectivity index (χ4v) is 4.14. The van der Waals surface area contributed by atoms with Crippen LogP contribution in [0.25, 0.3) is 0 Å². The van der Waals surface area contributed by atoms with Crippen LogP contribution in [0.2, 0.25) is 0 Å². The lowest BCUT2D eigenvalue weighted by Gasteiger charge is -2.25. The molecule has 0 saturated carbocycles. The SMILES string of the molecule is O=S(=O)(c1cccc(C(F)(F)F)c1)N(Cc1ccc(F)cc1)c1ccc(F)cc1. The fraction of sp³-hybridized carbons (Fsp3) is 0.100. The van der Waals surface area contributed by atoms with Crippen molar-refractivity contribution in [3.05, 3.63) is 95.6 Å². The van der Waals surface area contributed by atoms with E-state index >= 15 is 0 Å². The monoisotopic (exact) mass is 427 g/mol. The normalized spacial score (nSPS) is 12.0. The molecule has 0 aliphatic carbocycles. The Bertz CT molecular complexity index is 1090. The maximum Gasteiger partial charge on any atom is 0.416 e. The summed E-state index contributed by atoms with van der Waals surface area (Å²) in [6, 6.07) is 12.8. The van der Waals surface area contributed by atoms with Gasteiger partial charge in [-0.2, -0.15) is 13.2 Å². The van der Waals surface area contributed by atoms with Gasteiger partial charge in [-0.1, -0.05) is 18.2 Å². The van der Waals surface area contributed by atoms with E-state index in [1.807, 2.05) is 0 Å². The Labute approximate surface area is 164 Å². The standard InChI is InChI=1S/C20H14F5NO2S/c21-16-6-4-14(5-7-16)13-26(18-10-8-17(22)9-11-18)29(27,28)19-3-1-2-15(12-19)20(23,24)25/h1-12H,13H2. The van der Waals surface area contributed by atoms with E-state index in [9.17, 15) is 30.4 Å². The first-order valence-corrected chi connectivity index (χ1v) is 9.71. The van der Waals surface area contributed by atoms with Crippen LogP contribution in [-0.2, 0) is 22.7 Å². The van der Waals surface area contributed by atoms with Gasteiger partial charge in [0.05, 0.1) is 22.7 Å². The van der Waals surface area contributed by atoms with Crippen LogP contribution >= 0.6 is 0 Å². The number of rotatable bonds is 5. The van der Waals surface area contributed by atoms with Crippen LogP contribution in [0.5, 0.6) is 0 Å². The van der Waals surface area contributed by atoms with Crippen LogP contribution in [0, 0.1) is 11.6 Å². The molecule has 0 atom stereocenters. The molecule has 0 saturated heterocycles. The molecule has 0 amide bonds. The van der Waals surface area contributed by atoms with Crippen LogP contribution in [0.3, 0.4) is 0 Å². The second-order valence-corrected chi connectivity index (χ2v) is 8.00. The molecule has 3 rings (SSSR count). The van der Waals surface area contributed by atoms with Gasteiger partial charge in [0.1, 0.15) is 11.6 Å². The number of sulfonamides is 1. The zero-order chi connectivity index (χ0) is 21.2. The third kappa shape index (κ3) is 4.73. The number of hydrogen-bond donors (Lipinski definition) is 0. The van der Waals surface area contributed by atoms with Crippen molar-refractivity contribution in [2.24, 2.45) is 0 Å². The number of alkyl halides is 3. The van der Waals surface area contributed by atoms with Gasteiger partial charge >= 0.3 is 6.18 Å². The van der Waals surface area contributed by atoms with E-state index in [1.165, 1.54) is 24.3 Å². The summed E-state index contributed by atoms with van der Waals surface area (Å²) in [6.07, 6.45) is -4.72. The Balaban J connectivity index is 2.09. The number of nitrogens with zero attached hydrogens (tertiary/aromatic N) is 1. The summed E-state index contributed by atoms with van der Waals surface area (Å²) in [5.74, 6) is -1.13. The number of hydrogen-bond acceptors (Lipinski definition) is 2. The summed E-state index contributed by atoms with van der Waals surface area (Å²) >= 11 is 0. The average molecular weight is 427 g/mol. The molecule has 0 radical (unpaired) electrons. The molecule has 9 heteroatoms. The number of anilines is 1. The predicted molar refractivity (Wildman–Crippen MR) is 97.6 cm³/mol. The molecular weight excluding hydrogens is 413 g/mol. The van der Waals surface area contributed by atoms with E-state index in [0.717, 1.165) is 46.8 Å². The molecule has 3 aromatic rings. The molecule has 152 valence electrons. The average Bonchev–Trinajstić information content (AvgIpc) is 2.68. The van der Waals surface area contributed by atoms with E-state index < -0.39 is 38.3 Å². The zero-order valence-corrected chi connectivity index (χ0v) is 15.5. The highest BCUT2D eigenvalue weighted by Gasteiger charge is 2.33. The van der Waals surface area contributed by atoms with Crippen molar-refractivity contribution in [3.8, 4) is 0 Å². The maximum absolute atomic E-state index is 13.3. The highest BCUT2D eigenvalue weighted by molar-refractivity contribution is 7.92. The fourth-order valence-electron chi connectivity index (χ4n) is 2.64. The Morgan fingerprint density at radius 2 is 1.34 bits per heavy atom. The molecule has 0 aliphatic rings. The Kier molecular flexibility index (Phi) is 5.61. The summed E-state index contributed by atoms with van der Waals surface area (Å²) in [5, 5.41) is 0. The van der Waals surface area contributed by atoms with Crippen molar-refractivity contribution in [1.82, 2.24) is 0 Å². The summed E-state index contributed by atoms with van der Waals surface area (Å²) < 4.78 is 92.7. The first-order valence-electron chi connectivity index (χ1n) is 8.27. The lowest BCUT2D eigenvalue weighted by molar-refractivity contribution is -0.137. The zero-order valence-electron chi connectivity index (χ0n) is 14.7. The van der Waals surface area contributed by atoms with Crippen LogP contribution in [-0.4, -0.2) is 8.42 Å². The molecule has 0 aromatic heterocycles. The van der Waals surface area contributed by atoms with Gasteiger partial charge in [0.15, 0.2) is 0 Å². The van der Waals surface area contributed by atoms with Gasteiger partial charge in [-0.3, -0.25) is 4.31 Å². The molecule has 0 fully saturated rings. The predicted octanol–water partition coefficient (Wildman–Crippen LogP) is 5.38. The third-order valence-electron chi connectivity index (χ3n) is 4.10. The van der Waals surface area contributed by atoms with Crippen LogP contribution in [0.1, 0.15) is 11.1 Å². The van der Waals surface area contributed by atoms with E-state index in [-0.39, 0.29) is 12.2 Å². The molecule has 0 aliphatic heterocycles. The lowest BCUT2D eigenvalue weighted by Crippen LogP contribution is -2.30. The minimum absolute atomic E-state index is 0.0492. The number of benzene rings is 3. The molecule has 0 spiro atoms. The highest BCUT2D eigenvalue weighted by atomic mass is 32.2. The highest BCUT2D eigenvalue weighted by Crippen LogP contribution is 2.32. The van der Waals surface area contributed by atoms with E-state index in [4.69, 9.17) is 0 Å². The maximum atomic E-state index is 13.3. The Morgan fingerprint density at radius 1 is 0.793 bits per heavy atom. The topological polar surface area (TPSA) is 37.4 Å². The van der Waals surface area contributed by atoms with Crippen molar-refractivity contribution in [1.29, 1.82) is 0 Å². The van der Waals surface area contributed by atoms with E-state index in [1.54, 1.807) is 0 Å². The van der Waals surface area contributed by atoms with Crippen LogP contribution < -0.4 is 4.31 Å². The quantitative estimate of drug-likeness (QED) is 0.513. The van der Waals surface area contributed by atoms with Crippen molar-refractivity contribution < 1.29 is 30.4 Å². The van der Waals surface area contributed by atoms with Crippen molar-refractivity contribution >= 4 is 15.7 Å². The van der Waals surface area contributed by atoms with Gasteiger partial charge in [-0.25, -0.2) is 17.2 Å². The van der Waals surface area contributed by atoms with Gasteiger partial charge in [0.2, 0.25) is 0 Å². The van der Waals surface area contributed by atoms with Crippen molar-refractivity contribution in [2.45, 2.75) is 17.6 Å². The lowest BCUT2D eigenvalue weighted by atomic mass is 10.2. The van der Waals surface area contributed by atoms with Crippen molar-refractivity contribution in [2.75, 3.05) is 4.31 Å². The smallest absolute Gasteiger partial charge is 0.262 e. The molecule has 0 heterocycles. The van der Waals surface area contributed by atoms with Gasteiger partial charge in [0.25, 0.3) is 10.0 Å². The van der Waals surface area contributed by atoms with Crippen LogP contribution in [0.15, 0.2) is 77.7 Å². The molecule has 29 heavy (non-hydrogen) atoms. The van der Waals surface area contributed by atoms with Gasteiger partial charge < -0.3 is 0 Å². The summed E-state index contributed by atoms with van der Waals surface area (Å²) in [7, 11) is -4.44. The van der Waals surface area contributed by atoms with Crippen molar-refractivity contribution in [3.63, 3.8) is 0 Å². The second kappa shape index (κ2) is 7.82. The first-order chi connectivity index (χ1) is 13.6. The Hall–Kier alpha value is -2.94. The summed E-state index contributed by atoms with van der Waals surface area (Å²) in [5.41, 5.74) is -0.668. The minimum Gasteiger partial charge on any atom is -0.262 e. The molecule has 3 nitrogen and oxygen atoms in total. The van der Waals surface area contributed by atoms with Gasteiger partial charge in [-0.05, 0) is 60.2 Å². The second-order valence-electron chi connectivity index (χ2n) is 6.14. The van der Waals surface area contributed by atoms with Gasteiger partial charge in [0, 0.05) is 0 Å². The van der Waals surface area contributed by atoms with E-state index in [2.05, 4.69) is 0 Å². The third-order valence-corrected chi connectivity index (χ3v) is 5.87. The molecule has 0 unspecified atom stereocenters. The minimum atomic E-state index is -4.72. The molecule has 0 N–H and O–H groups in total. The molecule has 0 bridgehead atoms. The number of halogens is 5. The Morgan fingerprint density at radius 3 is 1.90 bits per heavy atom. The molecular formula is C20H14F5NO2S. The van der Waals surface area contributed by atoms with Crippen LogP contribution in [0.4, 0.5) is 27.6 Å². The van der Waals surface area contributed by atoms with E-state index in [0.29, 0.717) is 11.6 Å².